The Morgan fingerprint density at radius 1 is 1.09 bits per heavy atom. The van der Waals surface area contributed by atoms with Crippen LogP contribution >= 0.6 is 11.6 Å². The van der Waals surface area contributed by atoms with Gasteiger partial charge in [-0.2, -0.15) is 5.10 Å². The second-order valence-electron chi connectivity index (χ2n) is 8.09. The van der Waals surface area contributed by atoms with Crippen LogP contribution in [0.1, 0.15) is 25.5 Å². The normalized spacial score (nSPS) is 14.2. The molecule has 33 heavy (non-hydrogen) atoms. The van der Waals surface area contributed by atoms with Crippen molar-refractivity contribution in [2.45, 2.75) is 26.7 Å². The monoisotopic (exact) mass is 469 g/mol. The Balaban J connectivity index is 1.53. The molecular formula is C24H25ClFN5O2. The van der Waals surface area contributed by atoms with E-state index in [1.54, 1.807) is 0 Å². The van der Waals surface area contributed by atoms with Crippen molar-refractivity contribution in [3.05, 3.63) is 65.1 Å². The van der Waals surface area contributed by atoms with E-state index in [-0.39, 0.29) is 22.8 Å². The van der Waals surface area contributed by atoms with E-state index in [1.807, 2.05) is 41.9 Å². The molecule has 4 rings (SSSR count). The molecule has 172 valence electrons. The van der Waals surface area contributed by atoms with Gasteiger partial charge in [0.1, 0.15) is 11.5 Å². The predicted octanol–water partition coefficient (Wildman–Crippen LogP) is 4.79. The van der Waals surface area contributed by atoms with Gasteiger partial charge in [-0.05, 0) is 50.1 Å². The first-order valence-corrected chi connectivity index (χ1v) is 11.1. The SMILES string of the molecule is CC(=O)Nc1c(C)nn(-c2ccccc2)c1N1CCC(C(=O)Nc2ccc(F)cc2Cl)CC1. The Morgan fingerprint density at radius 3 is 2.42 bits per heavy atom. The first kappa shape index (κ1) is 22.8. The lowest BCUT2D eigenvalue weighted by Crippen LogP contribution is -2.39. The highest BCUT2D eigenvalue weighted by Gasteiger charge is 2.30. The first-order chi connectivity index (χ1) is 15.8. The lowest BCUT2D eigenvalue weighted by atomic mass is 9.95. The Hall–Kier alpha value is -3.39. The largest absolute Gasteiger partial charge is 0.355 e. The molecule has 0 radical (unpaired) electrons. The van der Waals surface area contributed by atoms with Crippen LogP contribution in [0.15, 0.2) is 48.5 Å². The number of nitrogens with one attached hydrogen (secondary N) is 2. The molecule has 1 saturated heterocycles. The zero-order chi connectivity index (χ0) is 23.5. The molecule has 2 aromatic carbocycles. The number of carbonyl (C=O) groups excluding carboxylic acids is 2. The third kappa shape index (κ3) is 5.01. The van der Waals surface area contributed by atoms with Gasteiger partial charge in [0, 0.05) is 25.9 Å². The van der Waals surface area contributed by atoms with Crippen molar-refractivity contribution in [1.29, 1.82) is 0 Å². The van der Waals surface area contributed by atoms with Gasteiger partial charge in [0.2, 0.25) is 11.8 Å². The lowest BCUT2D eigenvalue weighted by Gasteiger charge is -2.33. The van der Waals surface area contributed by atoms with Crippen molar-refractivity contribution >= 4 is 40.6 Å². The van der Waals surface area contributed by atoms with Gasteiger partial charge in [0.05, 0.1) is 22.1 Å². The maximum absolute atomic E-state index is 13.3. The van der Waals surface area contributed by atoms with Crippen LogP contribution in [0.4, 0.5) is 21.6 Å². The minimum atomic E-state index is -0.452. The summed E-state index contributed by atoms with van der Waals surface area (Å²) in [5.74, 6) is -0.169. The average molecular weight is 470 g/mol. The summed E-state index contributed by atoms with van der Waals surface area (Å²) in [5.41, 5.74) is 2.68. The van der Waals surface area contributed by atoms with Crippen molar-refractivity contribution in [3.8, 4) is 5.69 Å². The molecular weight excluding hydrogens is 445 g/mol. The summed E-state index contributed by atoms with van der Waals surface area (Å²) < 4.78 is 15.1. The molecule has 7 nitrogen and oxygen atoms in total. The van der Waals surface area contributed by atoms with Crippen LogP contribution < -0.4 is 15.5 Å². The summed E-state index contributed by atoms with van der Waals surface area (Å²) in [6.45, 7) is 4.56. The molecule has 0 saturated carbocycles. The fourth-order valence-electron chi connectivity index (χ4n) is 4.06. The van der Waals surface area contributed by atoms with E-state index in [1.165, 1.54) is 25.1 Å². The van der Waals surface area contributed by atoms with Crippen LogP contribution in [-0.2, 0) is 9.59 Å². The zero-order valence-electron chi connectivity index (χ0n) is 18.4. The molecule has 0 spiro atoms. The van der Waals surface area contributed by atoms with Crippen LogP contribution in [0.5, 0.6) is 0 Å². The molecule has 2 heterocycles. The van der Waals surface area contributed by atoms with E-state index >= 15 is 0 Å². The average Bonchev–Trinajstić information content (AvgIpc) is 3.11. The van der Waals surface area contributed by atoms with Crippen LogP contribution in [0.3, 0.4) is 0 Å². The highest BCUT2D eigenvalue weighted by atomic mass is 35.5. The highest BCUT2D eigenvalue weighted by molar-refractivity contribution is 6.33. The lowest BCUT2D eigenvalue weighted by molar-refractivity contribution is -0.120. The number of rotatable bonds is 5. The molecule has 0 bridgehead atoms. The molecule has 1 aliphatic rings. The number of aryl methyl sites for hydroxylation is 1. The fraction of sp³-hybridized carbons (Fsp3) is 0.292. The number of halogens is 2. The van der Waals surface area contributed by atoms with E-state index < -0.39 is 5.82 Å². The quantitative estimate of drug-likeness (QED) is 0.563. The number of nitrogens with zero attached hydrogens (tertiary/aromatic N) is 3. The minimum absolute atomic E-state index is 0.141. The number of para-hydroxylation sites is 1. The smallest absolute Gasteiger partial charge is 0.227 e. The van der Waals surface area contributed by atoms with Gasteiger partial charge in [0.25, 0.3) is 0 Å². The van der Waals surface area contributed by atoms with Gasteiger partial charge >= 0.3 is 0 Å². The molecule has 0 aliphatic carbocycles. The van der Waals surface area contributed by atoms with Gasteiger partial charge in [-0.15, -0.1) is 0 Å². The molecule has 0 atom stereocenters. The van der Waals surface area contributed by atoms with E-state index in [2.05, 4.69) is 20.6 Å². The summed E-state index contributed by atoms with van der Waals surface area (Å²) in [4.78, 5) is 26.8. The molecule has 2 amide bonds. The summed E-state index contributed by atoms with van der Waals surface area (Å²) in [5, 5.41) is 10.6. The first-order valence-electron chi connectivity index (χ1n) is 10.8. The maximum atomic E-state index is 13.3. The second kappa shape index (κ2) is 9.62. The molecule has 3 aromatic rings. The highest BCUT2D eigenvalue weighted by Crippen LogP contribution is 2.35. The molecule has 0 unspecified atom stereocenters. The summed E-state index contributed by atoms with van der Waals surface area (Å²) in [6, 6.07) is 13.6. The number of carbonyl (C=O) groups is 2. The number of aromatic nitrogens is 2. The Morgan fingerprint density at radius 2 is 1.79 bits per heavy atom. The van der Waals surface area contributed by atoms with Crippen molar-refractivity contribution in [3.63, 3.8) is 0 Å². The molecule has 9 heteroatoms. The number of amides is 2. The molecule has 2 N–H and O–H groups in total. The number of hydrogen-bond acceptors (Lipinski definition) is 4. The van der Waals surface area contributed by atoms with Gasteiger partial charge in [-0.1, -0.05) is 29.8 Å². The Kier molecular flexibility index (Phi) is 6.65. The van der Waals surface area contributed by atoms with Crippen molar-refractivity contribution in [1.82, 2.24) is 9.78 Å². The van der Waals surface area contributed by atoms with Gasteiger partial charge < -0.3 is 15.5 Å². The van der Waals surface area contributed by atoms with E-state index in [9.17, 15) is 14.0 Å². The fourth-order valence-corrected chi connectivity index (χ4v) is 4.27. The van der Waals surface area contributed by atoms with Crippen molar-refractivity contribution < 1.29 is 14.0 Å². The van der Waals surface area contributed by atoms with Gasteiger partial charge in [0.15, 0.2) is 5.82 Å². The second-order valence-corrected chi connectivity index (χ2v) is 8.49. The van der Waals surface area contributed by atoms with Gasteiger partial charge in [-0.3, -0.25) is 9.59 Å². The Bertz CT molecular complexity index is 1170. The van der Waals surface area contributed by atoms with E-state index in [0.29, 0.717) is 37.3 Å². The van der Waals surface area contributed by atoms with Gasteiger partial charge in [-0.25, -0.2) is 9.07 Å². The summed E-state index contributed by atoms with van der Waals surface area (Å²) in [7, 11) is 0. The third-order valence-electron chi connectivity index (χ3n) is 5.69. The molecule has 1 aromatic heterocycles. The number of hydrogen-bond donors (Lipinski definition) is 2. The summed E-state index contributed by atoms with van der Waals surface area (Å²) in [6.07, 6.45) is 1.23. The van der Waals surface area contributed by atoms with E-state index in [0.717, 1.165) is 17.2 Å². The Labute approximate surface area is 196 Å². The predicted molar refractivity (Wildman–Crippen MR) is 128 cm³/mol. The number of benzene rings is 2. The standard InChI is InChI=1S/C24H25ClFN5O2/c1-15-22(27-16(2)32)24(31(29-15)19-6-4-3-5-7-19)30-12-10-17(11-13-30)23(33)28-21-9-8-18(26)14-20(21)25/h3-9,14,17H,10-13H2,1-2H3,(H,27,32)(H,28,33). The number of anilines is 3. The van der Waals surface area contributed by atoms with Crippen LogP contribution in [0, 0.1) is 18.7 Å². The molecule has 1 aliphatic heterocycles. The van der Waals surface area contributed by atoms with E-state index in [4.69, 9.17) is 11.6 Å². The van der Waals surface area contributed by atoms with Crippen molar-refractivity contribution in [2.75, 3.05) is 28.6 Å². The zero-order valence-corrected chi connectivity index (χ0v) is 19.2. The van der Waals surface area contributed by atoms with Crippen LogP contribution in [0.2, 0.25) is 5.02 Å². The molecule has 1 fully saturated rings. The van der Waals surface area contributed by atoms with Crippen molar-refractivity contribution in [2.24, 2.45) is 5.92 Å². The third-order valence-corrected chi connectivity index (χ3v) is 6.00. The summed E-state index contributed by atoms with van der Waals surface area (Å²) >= 11 is 6.05. The van der Waals surface area contributed by atoms with Crippen LogP contribution in [-0.4, -0.2) is 34.7 Å². The minimum Gasteiger partial charge on any atom is -0.355 e. The maximum Gasteiger partial charge on any atom is 0.227 e. The topological polar surface area (TPSA) is 79.3 Å². The number of piperidine rings is 1. The van der Waals surface area contributed by atoms with Crippen LogP contribution in [0.25, 0.3) is 5.69 Å².